The van der Waals surface area contributed by atoms with Gasteiger partial charge in [0.25, 0.3) is 0 Å². The summed E-state index contributed by atoms with van der Waals surface area (Å²) in [6, 6.07) is 13.7. The summed E-state index contributed by atoms with van der Waals surface area (Å²) in [6.07, 6.45) is 0.718. The van der Waals surface area contributed by atoms with Crippen molar-refractivity contribution in [3.05, 3.63) is 53.6 Å². The predicted octanol–water partition coefficient (Wildman–Crippen LogP) is 3.06. The minimum absolute atomic E-state index is 0.110. The Morgan fingerprint density at radius 1 is 1.14 bits per heavy atom. The summed E-state index contributed by atoms with van der Waals surface area (Å²) in [7, 11) is 0. The van der Waals surface area contributed by atoms with E-state index in [2.05, 4.69) is 6.07 Å². The van der Waals surface area contributed by atoms with Gasteiger partial charge in [-0.2, -0.15) is 0 Å². The molecule has 1 atom stereocenters. The van der Waals surface area contributed by atoms with E-state index in [4.69, 9.17) is 19.9 Å². The van der Waals surface area contributed by atoms with E-state index in [0.717, 1.165) is 34.8 Å². The minimum Gasteiger partial charge on any atom is -0.494 e. The molecule has 0 aromatic heterocycles. The van der Waals surface area contributed by atoms with Crippen LogP contribution in [0.1, 0.15) is 24.1 Å². The normalized spacial score (nSPS) is 14.0. The summed E-state index contributed by atoms with van der Waals surface area (Å²) in [5.74, 6) is 2.44. The Bertz CT molecular complexity index is 627. The van der Waals surface area contributed by atoms with Crippen molar-refractivity contribution in [3.63, 3.8) is 0 Å². The Hall–Kier alpha value is -2.20. The third-order valence-corrected chi connectivity index (χ3v) is 3.54. The van der Waals surface area contributed by atoms with E-state index in [1.165, 1.54) is 0 Å². The Kier molecular flexibility index (Phi) is 3.97. The van der Waals surface area contributed by atoms with Gasteiger partial charge >= 0.3 is 0 Å². The molecule has 21 heavy (non-hydrogen) atoms. The molecule has 2 aromatic carbocycles. The maximum absolute atomic E-state index is 6.33. The van der Waals surface area contributed by atoms with Gasteiger partial charge in [0.2, 0.25) is 6.79 Å². The van der Waals surface area contributed by atoms with Crippen LogP contribution in [-0.4, -0.2) is 13.4 Å². The van der Waals surface area contributed by atoms with Crippen LogP contribution >= 0.6 is 0 Å². The zero-order valence-corrected chi connectivity index (χ0v) is 12.0. The number of ether oxygens (including phenoxy) is 3. The van der Waals surface area contributed by atoms with Crippen LogP contribution in [0.2, 0.25) is 0 Å². The van der Waals surface area contributed by atoms with Gasteiger partial charge in [-0.05, 0) is 42.7 Å². The topological polar surface area (TPSA) is 53.7 Å². The van der Waals surface area contributed by atoms with Crippen LogP contribution in [0.25, 0.3) is 0 Å². The van der Waals surface area contributed by atoms with Crippen LogP contribution in [0, 0.1) is 0 Å². The molecule has 1 aliphatic heterocycles. The second-order valence-corrected chi connectivity index (χ2v) is 4.96. The van der Waals surface area contributed by atoms with Crippen molar-refractivity contribution in [1.29, 1.82) is 0 Å². The predicted molar refractivity (Wildman–Crippen MR) is 80.8 cm³/mol. The monoisotopic (exact) mass is 285 g/mol. The molecule has 0 spiro atoms. The maximum Gasteiger partial charge on any atom is 0.231 e. The SMILES string of the molecule is CCOc1ccccc1CC(N)c1ccc2c(c1)OCO2. The highest BCUT2D eigenvalue weighted by Gasteiger charge is 2.17. The van der Waals surface area contributed by atoms with E-state index in [0.29, 0.717) is 6.61 Å². The van der Waals surface area contributed by atoms with E-state index in [-0.39, 0.29) is 12.8 Å². The summed E-state index contributed by atoms with van der Waals surface area (Å²) in [5, 5.41) is 0. The molecule has 0 radical (unpaired) electrons. The van der Waals surface area contributed by atoms with Gasteiger partial charge in [0, 0.05) is 6.04 Å². The highest BCUT2D eigenvalue weighted by Crippen LogP contribution is 2.34. The van der Waals surface area contributed by atoms with Gasteiger partial charge in [0.1, 0.15) is 5.75 Å². The third-order valence-electron chi connectivity index (χ3n) is 3.54. The number of nitrogens with two attached hydrogens (primary N) is 1. The summed E-state index contributed by atoms with van der Waals surface area (Å²) in [4.78, 5) is 0. The van der Waals surface area contributed by atoms with Crippen molar-refractivity contribution < 1.29 is 14.2 Å². The van der Waals surface area contributed by atoms with Crippen LogP contribution in [0.4, 0.5) is 0 Å². The van der Waals surface area contributed by atoms with Gasteiger partial charge in [0.05, 0.1) is 6.61 Å². The zero-order valence-electron chi connectivity index (χ0n) is 12.0. The van der Waals surface area contributed by atoms with Crippen LogP contribution < -0.4 is 19.9 Å². The smallest absolute Gasteiger partial charge is 0.231 e. The van der Waals surface area contributed by atoms with Crippen molar-refractivity contribution in [2.45, 2.75) is 19.4 Å². The van der Waals surface area contributed by atoms with Crippen LogP contribution in [0.15, 0.2) is 42.5 Å². The van der Waals surface area contributed by atoms with Crippen molar-refractivity contribution in [2.75, 3.05) is 13.4 Å². The van der Waals surface area contributed by atoms with E-state index in [1.807, 2.05) is 43.3 Å². The van der Waals surface area contributed by atoms with Crippen LogP contribution in [-0.2, 0) is 6.42 Å². The van der Waals surface area contributed by atoms with Gasteiger partial charge in [-0.15, -0.1) is 0 Å². The summed E-state index contributed by atoms with van der Waals surface area (Å²) in [6.45, 7) is 2.91. The summed E-state index contributed by atoms with van der Waals surface area (Å²) >= 11 is 0. The fraction of sp³-hybridized carbons (Fsp3) is 0.294. The van der Waals surface area contributed by atoms with Crippen LogP contribution in [0.3, 0.4) is 0 Å². The molecular formula is C17H19NO3. The van der Waals surface area contributed by atoms with Gasteiger partial charge in [0.15, 0.2) is 11.5 Å². The molecule has 0 aliphatic carbocycles. The van der Waals surface area contributed by atoms with Crippen molar-refractivity contribution in [1.82, 2.24) is 0 Å². The molecule has 0 saturated carbocycles. The quantitative estimate of drug-likeness (QED) is 0.917. The lowest BCUT2D eigenvalue weighted by atomic mass is 9.98. The van der Waals surface area contributed by atoms with Gasteiger partial charge in [-0.25, -0.2) is 0 Å². The van der Waals surface area contributed by atoms with E-state index in [9.17, 15) is 0 Å². The molecule has 0 amide bonds. The third kappa shape index (κ3) is 2.95. The lowest BCUT2D eigenvalue weighted by molar-refractivity contribution is 0.174. The molecule has 3 rings (SSSR count). The number of para-hydroxylation sites is 1. The molecule has 2 N–H and O–H groups in total. The molecule has 0 bridgehead atoms. The molecule has 1 heterocycles. The van der Waals surface area contributed by atoms with E-state index < -0.39 is 0 Å². The second-order valence-electron chi connectivity index (χ2n) is 4.96. The van der Waals surface area contributed by atoms with Gasteiger partial charge < -0.3 is 19.9 Å². The molecule has 0 fully saturated rings. The lowest BCUT2D eigenvalue weighted by Crippen LogP contribution is -2.14. The Balaban J connectivity index is 1.78. The molecule has 110 valence electrons. The first-order valence-electron chi connectivity index (χ1n) is 7.13. The molecule has 1 aliphatic rings. The average molecular weight is 285 g/mol. The van der Waals surface area contributed by atoms with Gasteiger partial charge in [-0.1, -0.05) is 24.3 Å². The highest BCUT2D eigenvalue weighted by molar-refractivity contribution is 5.46. The standard InChI is InChI=1S/C17H19NO3/c1-2-19-15-6-4-3-5-13(15)9-14(18)12-7-8-16-17(10-12)21-11-20-16/h3-8,10,14H,2,9,11,18H2,1H3. The summed E-state index contributed by atoms with van der Waals surface area (Å²) < 4.78 is 16.4. The highest BCUT2D eigenvalue weighted by atomic mass is 16.7. The minimum atomic E-state index is -0.110. The Labute approximate surface area is 124 Å². The van der Waals surface area contributed by atoms with E-state index >= 15 is 0 Å². The number of hydrogen-bond donors (Lipinski definition) is 1. The van der Waals surface area contributed by atoms with Gasteiger partial charge in [-0.3, -0.25) is 0 Å². The fourth-order valence-corrected chi connectivity index (χ4v) is 2.47. The number of benzene rings is 2. The molecule has 1 unspecified atom stereocenters. The van der Waals surface area contributed by atoms with Crippen molar-refractivity contribution in [3.8, 4) is 17.2 Å². The largest absolute Gasteiger partial charge is 0.494 e. The Morgan fingerprint density at radius 3 is 2.81 bits per heavy atom. The first-order chi connectivity index (χ1) is 10.3. The fourth-order valence-electron chi connectivity index (χ4n) is 2.47. The van der Waals surface area contributed by atoms with Crippen molar-refractivity contribution in [2.24, 2.45) is 5.73 Å². The molecular weight excluding hydrogens is 266 g/mol. The van der Waals surface area contributed by atoms with Crippen LogP contribution in [0.5, 0.6) is 17.2 Å². The lowest BCUT2D eigenvalue weighted by Gasteiger charge is -2.15. The molecule has 4 nitrogen and oxygen atoms in total. The van der Waals surface area contributed by atoms with Crippen molar-refractivity contribution >= 4 is 0 Å². The molecule has 0 saturated heterocycles. The zero-order chi connectivity index (χ0) is 14.7. The maximum atomic E-state index is 6.33. The average Bonchev–Trinajstić information content (AvgIpc) is 2.97. The number of rotatable bonds is 5. The second kappa shape index (κ2) is 6.06. The number of fused-ring (bicyclic) bond motifs is 1. The van der Waals surface area contributed by atoms with E-state index in [1.54, 1.807) is 0 Å². The first kappa shape index (κ1) is 13.8. The molecule has 2 aromatic rings. The summed E-state index contributed by atoms with van der Waals surface area (Å²) in [5.41, 5.74) is 8.48. The number of hydrogen-bond acceptors (Lipinski definition) is 4. The Morgan fingerprint density at radius 2 is 1.95 bits per heavy atom. The molecule has 4 heteroatoms. The first-order valence-corrected chi connectivity index (χ1v) is 7.13.